The third-order valence-electron chi connectivity index (χ3n) is 2.01. The second-order valence-corrected chi connectivity index (χ2v) is 6.07. The van der Waals surface area contributed by atoms with Crippen molar-refractivity contribution in [3.63, 3.8) is 0 Å². The molecule has 0 saturated heterocycles. The Morgan fingerprint density at radius 2 is 1.94 bits per heavy atom. The Balaban J connectivity index is 2.83. The molecule has 6 heteroatoms. The Morgan fingerprint density at radius 1 is 1.38 bits per heavy atom. The lowest BCUT2D eigenvalue weighted by Crippen LogP contribution is -1.99. The summed E-state index contributed by atoms with van der Waals surface area (Å²) in [7, 11) is -3.04. The van der Waals surface area contributed by atoms with Gasteiger partial charge in [0, 0.05) is 5.56 Å². The molecule has 0 atom stereocenters. The lowest BCUT2D eigenvalue weighted by atomic mass is 10.3. The molecule has 16 heavy (non-hydrogen) atoms. The van der Waals surface area contributed by atoms with Crippen molar-refractivity contribution in [1.82, 2.24) is 0 Å². The van der Waals surface area contributed by atoms with Crippen LogP contribution in [0.3, 0.4) is 0 Å². The van der Waals surface area contributed by atoms with Crippen LogP contribution in [0.1, 0.15) is 25.2 Å². The van der Waals surface area contributed by atoms with Gasteiger partial charge in [-0.15, -0.1) is 0 Å². The van der Waals surface area contributed by atoms with Crippen LogP contribution in [0.2, 0.25) is 0 Å². The monoisotopic (exact) mass is 310 g/mol. The summed E-state index contributed by atoms with van der Waals surface area (Å²) >= 11 is 3.23. The van der Waals surface area contributed by atoms with E-state index in [9.17, 15) is 4.57 Å². The molecule has 4 nitrogen and oxygen atoms in total. The van der Waals surface area contributed by atoms with Gasteiger partial charge in [0.15, 0.2) is 4.67 Å². The first kappa shape index (κ1) is 14.0. The molecule has 0 aromatic carbocycles. The molecule has 0 aliphatic heterocycles. The van der Waals surface area contributed by atoms with E-state index in [4.69, 9.17) is 13.5 Å². The Bertz CT molecular complexity index is 378. The van der Waals surface area contributed by atoms with Gasteiger partial charge < -0.3 is 13.5 Å². The summed E-state index contributed by atoms with van der Waals surface area (Å²) in [6.07, 6.45) is 0.246. The second kappa shape index (κ2) is 6.01. The zero-order valence-corrected chi connectivity index (χ0v) is 12.1. The van der Waals surface area contributed by atoms with Crippen LogP contribution in [-0.2, 0) is 19.8 Å². The summed E-state index contributed by atoms with van der Waals surface area (Å²) in [4.78, 5) is 0. The number of halogens is 1. The average Bonchev–Trinajstić information content (AvgIpc) is 2.45. The predicted molar refractivity (Wildman–Crippen MR) is 65.7 cm³/mol. The van der Waals surface area contributed by atoms with Crippen molar-refractivity contribution in [2.75, 3.05) is 13.2 Å². The highest BCUT2D eigenvalue weighted by Crippen LogP contribution is 2.52. The number of hydrogen-bond acceptors (Lipinski definition) is 4. The van der Waals surface area contributed by atoms with Gasteiger partial charge in [0.25, 0.3) is 0 Å². The Labute approximate surface area is 104 Å². The maximum absolute atomic E-state index is 12.2. The van der Waals surface area contributed by atoms with Gasteiger partial charge in [-0.05, 0) is 42.8 Å². The van der Waals surface area contributed by atoms with Gasteiger partial charge in [0.2, 0.25) is 0 Å². The molecular weight excluding hydrogens is 295 g/mol. The first-order valence-electron chi connectivity index (χ1n) is 5.13. The summed E-state index contributed by atoms with van der Waals surface area (Å²) < 4.78 is 28.6. The van der Waals surface area contributed by atoms with Crippen LogP contribution < -0.4 is 0 Å². The number of hydrogen-bond donors (Lipinski definition) is 0. The normalized spacial score (nSPS) is 12.0. The molecule has 1 aromatic rings. The van der Waals surface area contributed by atoms with Gasteiger partial charge in [-0.25, -0.2) is 0 Å². The number of aryl methyl sites for hydroxylation is 1. The van der Waals surface area contributed by atoms with Crippen molar-refractivity contribution in [2.24, 2.45) is 0 Å². The van der Waals surface area contributed by atoms with Crippen LogP contribution in [0, 0.1) is 6.92 Å². The lowest BCUT2D eigenvalue weighted by Gasteiger charge is -2.16. The highest BCUT2D eigenvalue weighted by Gasteiger charge is 2.26. The molecule has 0 aliphatic carbocycles. The van der Waals surface area contributed by atoms with Crippen LogP contribution in [0.4, 0.5) is 0 Å². The van der Waals surface area contributed by atoms with Crippen molar-refractivity contribution in [1.29, 1.82) is 0 Å². The summed E-state index contributed by atoms with van der Waals surface area (Å²) in [6.45, 7) is 6.15. The van der Waals surface area contributed by atoms with Crippen molar-refractivity contribution in [3.05, 3.63) is 22.1 Å². The minimum atomic E-state index is -3.04. The molecule has 0 fully saturated rings. The first-order valence-corrected chi connectivity index (χ1v) is 7.65. The fourth-order valence-corrected chi connectivity index (χ4v) is 3.66. The molecule has 0 N–H and O–H groups in total. The smallest absolute Gasteiger partial charge is 0.335 e. The summed E-state index contributed by atoms with van der Waals surface area (Å²) in [5, 5.41) is 0. The van der Waals surface area contributed by atoms with Gasteiger partial charge in [-0.2, -0.15) is 0 Å². The van der Waals surface area contributed by atoms with Crippen LogP contribution in [-0.4, -0.2) is 13.2 Å². The molecule has 0 amide bonds. The molecule has 0 spiro atoms. The van der Waals surface area contributed by atoms with Gasteiger partial charge in [0.1, 0.15) is 5.76 Å². The van der Waals surface area contributed by atoms with E-state index >= 15 is 0 Å². The van der Waals surface area contributed by atoms with E-state index in [-0.39, 0.29) is 6.16 Å². The highest BCUT2D eigenvalue weighted by molar-refractivity contribution is 9.10. The molecule has 92 valence electrons. The Morgan fingerprint density at radius 3 is 2.31 bits per heavy atom. The fourth-order valence-electron chi connectivity index (χ4n) is 1.37. The fraction of sp³-hybridized carbons (Fsp3) is 0.600. The second-order valence-electron chi connectivity index (χ2n) is 3.24. The molecular formula is C10H16BrO4P. The zero-order valence-electron chi connectivity index (χ0n) is 9.66. The van der Waals surface area contributed by atoms with Crippen LogP contribution in [0.25, 0.3) is 0 Å². The largest absolute Gasteiger partial charge is 0.454 e. The summed E-state index contributed by atoms with van der Waals surface area (Å²) in [6, 6.07) is 1.79. The van der Waals surface area contributed by atoms with E-state index in [1.165, 1.54) is 0 Å². The minimum Gasteiger partial charge on any atom is -0.454 e. The number of rotatable bonds is 6. The molecule has 0 radical (unpaired) electrons. The van der Waals surface area contributed by atoms with Crippen LogP contribution in [0.15, 0.2) is 15.2 Å². The lowest BCUT2D eigenvalue weighted by molar-refractivity contribution is 0.219. The molecule has 1 rings (SSSR count). The molecule has 0 aliphatic rings. The standard InChI is InChI=1S/C10H16BrO4P/c1-4-13-16(12,14-5-2)7-9-6-10(11)15-8(9)3/h6H,4-5,7H2,1-3H3. The topological polar surface area (TPSA) is 48.7 Å². The molecule has 0 saturated carbocycles. The quantitative estimate of drug-likeness (QED) is 0.742. The molecule has 1 heterocycles. The maximum atomic E-state index is 12.2. The van der Waals surface area contributed by atoms with Crippen molar-refractivity contribution < 1.29 is 18.0 Å². The van der Waals surface area contributed by atoms with E-state index in [0.29, 0.717) is 17.9 Å². The van der Waals surface area contributed by atoms with E-state index in [1.807, 2.05) is 6.92 Å². The van der Waals surface area contributed by atoms with E-state index < -0.39 is 7.60 Å². The molecule has 0 bridgehead atoms. The van der Waals surface area contributed by atoms with E-state index in [2.05, 4.69) is 15.9 Å². The summed E-state index contributed by atoms with van der Waals surface area (Å²) in [5.74, 6) is 0.728. The SMILES string of the molecule is CCOP(=O)(Cc1cc(Br)oc1C)OCC. The number of furan rings is 1. The third-order valence-corrected chi connectivity index (χ3v) is 4.43. The van der Waals surface area contributed by atoms with Crippen molar-refractivity contribution in [3.8, 4) is 0 Å². The minimum absolute atomic E-state index is 0.246. The predicted octanol–water partition coefficient (Wildman–Crippen LogP) is 4.12. The Kier molecular flexibility index (Phi) is 5.25. The third kappa shape index (κ3) is 3.74. The van der Waals surface area contributed by atoms with Crippen LogP contribution >= 0.6 is 23.5 Å². The zero-order chi connectivity index (χ0) is 12.2. The van der Waals surface area contributed by atoms with E-state index in [1.54, 1.807) is 19.9 Å². The van der Waals surface area contributed by atoms with Gasteiger partial charge in [0.05, 0.1) is 19.4 Å². The van der Waals surface area contributed by atoms with E-state index in [0.717, 1.165) is 11.3 Å². The van der Waals surface area contributed by atoms with Gasteiger partial charge in [-0.3, -0.25) is 4.57 Å². The summed E-state index contributed by atoms with van der Waals surface area (Å²) in [5.41, 5.74) is 0.845. The van der Waals surface area contributed by atoms with Gasteiger partial charge in [-0.1, -0.05) is 0 Å². The maximum Gasteiger partial charge on any atom is 0.335 e. The van der Waals surface area contributed by atoms with Gasteiger partial charge >= 0.3 is 7.60 Å². The van der Waals surface area contributed by atoms with Crippen molar-refractivity contribution in [2.45, 2.75) is 26.9 Å². The molecule has 0 unspecified atom stereocenters. The van der Waals surface area contributed by atoms with Crippen LogP contribution in [0.5, 0.6) is 0 Å². The van der Waals surface area contributed by atoms with Crippen molar-refractivity contribution >= 4 is 23.5 Å². The molecule has 1 aromatic heterocycles. The first-order chi connectivity index (χ1) is 7.50. The average molecular weight is 311 g/mol. The Hall–Kier alpha value is -0.0900. The highest BCUT2D eigenvalue weighted by atomic mass is 79.9.